The van der Waals surface area contributed by atoms with Crippen LogP contribution in [0.5, 0.6) is 0 Å². The summed E-state index contributed by atoms with van der Waals surface area (Å²) in [6, 6.07) is 22.7. The van der Waals surface area contributed by atoms with Crippen LogP contribution in [0.2, 0.25) is 0 Å². The SMILES string of the molecule is c1ccc2cc(-c3cnc4ccccc4n3)ccc2c1. The number of aromatic nitrogens is 2. The maximum atomic E-state index is 4.69. The summed E-state index contributed by atoms with van der Waals surface area (Å²) < 4.78 is 0. The zero-order valence-corrected chi connectivity index (χ0v) is 10.8. The lowest BCUT2D eigenvalue weighted by Crippen LogP contribution is -1.88. The third-order valence-electron chi connectivity index (χ3n) is 3.49. The molecule has 1 heterocycles. The first-order valence-electron chi connectivity index (χ1n) is 6.61. The van der Waals surface area contributed by atoms with Crippen molar-refractivity contribution in [2.24, 2.45) is 0 Å². The van der Waals surface area contributed by atoms with Gasteiger partial charge in [0.1, 0.15) is 0 Å². The average Bonchev–Trinajstić information content (AvgIpc) is 2.54. The Balaban J connectivity index is 1.91. The van der Waals surface area contributed by atoms with Gasteiger partial charge in [-0.15, -0.1) is 0 Å². The van der Waals surface area contributed by atoms with Gasteiger partial charge in [0.05, 0.1) is 22.9 Å². The van der Waals surface area contributed by atoms with E-state index in [0.29, 0.717) is 0 Å². The molecule has 1 aromatic heterocycles. The molecule has 0 atom stereocenters. The van der Waals surface area contributed by atoms with E-state index in [2.05, 4.69) is 52.4 Å². The van der Waals surface area contributed by atoms with Crippen LogP contribution in [0.25, 0.3) is 33.1 Å². The molecule has 0 N–H and O–H groups in total. The molecule has 2 heteroatoms. The standard InChI is InChI=1S/C18H12N2/c1-2-6-14-11-15(10-9-13(14)5-1)18-12-19-16-7-3-4-8-17(16)20-18/h1-12H. The Kier molecular flexibility index (Phi) is 2.46. The number of rotatable bonds is 1. The first-order valence-corrected chi connectivity index (χ1v) is 6.61. The lowest BCUT2D eigenvalue weighted by Gasteiger charge is -2.04. The molecule has 0 aliphatic heterocycles. The number of nitrogens with zero attached hydrogens (tertiary/aromatic N) is 2. The Hall–Kier alpha value is -2.74. The molecule has 0 fully saturated rings. The van der Waals surface area contributed by atoms with Crippen LogP contribution in [0.4, 0.5) is 0 Å². The molecule has 94 valence electrons. The molecule has 20 heavy (non-hydrogen) atoms. The van der Waals surface area contributed by atoms with E-state index < -0.39 is 0 Å². The quantitative estimate of drug-likeness (QED) is 0.503. The molecule has 0 aliphatic rings. The lowest BCUT2D eigenvalue weighted by molar-refractivity contribution is 1.29. The normalized spacial score (nSPS) is 11.0. The number of fused-ring (bicyclic) bond motifs is 2. The highest BCUT2D eigenvalue weighted by atomic mass is 14.8. The van der Waals surface area contributed by atoms with Crippen LogP contribution in [-0.2, 0) is 0 Å². The van der Waals surface area contributed by atoms with Gasteiger partial charge in [-0.3, -0.25) is 4.98 Å². The highest BCUT2D eigenvalue weighted by molar-refractivity contribution is 5.87. The van der Waals surface area contributed by atoms with Crippen molar-refractivity contribution < 1.29 is 0 Å². The van der Waals surface area contributed by atoms with Crippen LogP contribution in [0.1, 0.15) is 0 Å². The zero-order valence-electron chi connectivity index (χ0n) is 10.8. The van der Waals surface area contributed by atoms with Crippen molar-refractivity contribution in [2.45, 2.75) is 0 Å². The molecule has 0 bridgehead atoms. The van der Waals surface area contributed by atoms with E-state index in [0.717, 1.165) is 22.3 Å². The highest BCUT2D eigenvalue weighted by Gasteiger charge is 2.03. The van der Waals surface area contributed by atoms with Gasteiger partial charge >= 0.3 is 0 Å². The lowest BCUT2D eigenvalue weighted by atomic mass is 10.1. The molecule has 0 saturated carbocycles. The predicted octanol–water partition coefficient (Wildman–Crippen LogP) is 4.45. The second kappa shape index (κ2) is 4.42. The van der Waals surface area contributed by atoms with Gasteiger partial charge in [0.25, 0.3) is 0 Å². The molecular formula is C18H12N2. The summed E-state index contributed by atoms with van der Waals surface area (Å²) in [6.45, 7) is 0. The van der Waals surface area contributed by atoms with Crippen molar-refractivity contribution in [1.82, 2.24) is 9.97 Å². The molecule has 2 nitrogen and oxygen atoms in total. The van der Waals surface area contributed by atoms with Crippen molar-refractivity contribution in [2.75, 3.05) is 0 Å². The van der Waals surface area contributed by atoms with Crippen molar-refractivity contribution in [3.63, 3.8) is 0 Å². The van der Waals surface area contributed by atoms with Crippen LogP contribution in [0.3, 0.4) is 0 Å². The molecule has 0 spiro atoms. The van der Waals surface area contributed by atoms with Crippen LogP contribution in [-0.4, -0.2) is 9.97 Å². The Morgan fingerprint density at radius 1 is 0.650 bits per heavy atom. The number of hydrogen-bond acceptors (Lipinski definition) is 2. The Labute approximate surface area is 116 Å². The molecule has 3 aromatic carbocycles. The fraction of sp³-hybridized carbons (Fsp3) is 0. The van der Waals surface area contributed by atoms with Crippen LogP contribution in [0.15, 0.2) is 72.9 Å². The average molecular weight is 256 g/mol. The summed E-state index contributed by atoms with van der Waals surface area (Å²) >= 11 is 0. The number of para-hydroxylation sites is 2. The summed E-state index contributed by atoms with van der Waals surface area (Å²) in [5.41, 5.74) is 3.87. The smallest absolute Gasteiger partial charge is 0.0894 e. The third-order valence-corrected chi connectivity index (χ3v) is 3.49. The first-order chi connectivity index (χ1) is 9.90. The maximum absolute atomic E-state index is 4.69. The van der Waals surface area contributed by atoms with Gasteiger partial charge in [-0.1, -0.05) is 48.5 Å². The minimum Gasteiger partial charge on any atom is -0.252 e. The van der Waals surface area contributed by atoms with Gasteiger partial charge in [0, 0.05) is 5.56 Å². The first kappa shape index (κ1) is 11.1. The predicted molar refractivity (Wildman–Crippen MR) is 82.5 cm³/mol. The summed E-state index contributed by atoms with van der Waals surface area (Å²) in [6.07, 6.45) is 1.84. The summed E-state index contributed by atoms with van der Waals surface area (Å²) in [4.78, 5) is 9.16. The molecule has 4 aromatic rings. The number of hydrogen-bond donors (Lipinski definition) is 0. The van der Waals surface area contributed by atoms with Crippen LogP contribution in [0, 0.1) is 0 Å². The molecule has 0 amide bonds. The fourth-order valence-corrected chi connectivity index (χ4v) is 2.44. The summed E-state index contributed by atoms with van der Waals surface area (Å²) in [7, 11) is 0. The van der Waals surface area contributed by atoms with Gasteiger partial charge in [-0.05, 0) is 29.0 Å². The van der Waals surface area contributed by atoms with Gasteiger partial charge in [0.2, 0.25) is 0 Å². The molecule has 0 saturated heterocycles. The van der Waals surface area contributed by atoms with E-state index in [1.807, 2.05) is 30.5 Å². The topological polar surface area (TPSA) is 25.8 Å². The van der Waals surface area contributed by atoms with E-state index in [9.17, 15) is 0 Å². The van der Waals surface area contributed by atoms with Crippen molar-refractivity contribution in [3.8, 4) is 11.3 Å². The second-order valence-electron chi connectivity index (χ2n) is 4.81. The largest absolute Gasteiger partial charge is 0.252 e. The van der Waals surface area contributed by atoms with Crippen LogP contribution < -0.4 is 0 Å². The summed E-state index contributed by atoms with van der Waals surface area (Å²) in [5.74, 6) is 0. The van der Waals surface area contributed by atoms with Crippen molar-refractivity contribution >= 4 is 21.8 Å². The van der Waals surface area contributed by atoms with Crippen molar-refractivity contribution in [1.29, 1.82) is 0 Å². The minimum absolute atomic E-state index is 0.912. The van der Waals surface area contributed by atoms with E-state index in [1.54, 1.807) is 0 Å². The Morgan fingerprint density at radius 2 is 1.40 bits per heavy atom. The zero-order chi connectivity index (χ0) is 13.4. The maximum Gasteiger partial charge on any atom is 0.0894 e. The van der Waals surface area contributed by atoms with E-state index in [4.69, 9.17) is 0 Å². The second-order valence-corrected chi connectivity index (χ2v) is 4.81. The molecule has 0 radical (unpaired) electrons. The summed E-state index contributed by atoms with van der Waals surface area (Å²) in [5, 5.41) is 2.46. The molecule has 0 unspecified atom stereocenters. The Bertz CT molecular complexity index is 836. The van der Waals surface area contributed by atoms with Gasteiger partial charge in [-0.25, -0.2) is 4.98 Å². The van der Waals surface area contributed by atoms with Crippen molar-refractivity contribution in [3.05, 3.63) is 72.9 Å². The highest BCUT2D eigenvalue weighted by Crippen LogP contribution is 2.23. The number of benzene rings is 3. The van der Waals surface area contributed by atoms with E-state index >= 15 is 0 Å². The van der Waals surface area contributed by atoms with Crippen LogP contribution >= 0.6 is 0 Å². The molecular weight excluding hydrogens is 244 g/mol. The van der Waals surface area contributed by atoms with Gasteiger partial charge < -0.3 is 0 Å². The van der Waals surface area contributed by atoms with Gasteiger partial charge in [0.15, 0.2) is 0 Å². The Morgan fingerprint density at radius 3 is 2.30 bits per heavy atom. The molecule has 4 rings (SSSR count). The minimum atomic E-state index is 0.912. The van der Waals surface area contributed by atoms with Gasteiger partial charge in [-0.2, -0.15) is 0 Å². The fourth-order valence-electron chi connectivity index (χ4n) is 2.44. The van der Waals surface area contributed by atoms with E-state index in [-0.39, 0.29) is 0 Å². The third kappa shape index (κ3) is 1.82. The van der Waals surface area contributed by atoms with E-state index in [1.165, 1.54) is 10.8 Å². The molecule has 0 aliphatic carbocycles. The monoisotopic (exact) mass is 256 g/mol.